The van der Waals surface area contributed by atoms with Gasteiger partial charge >= 0.3 is 0 Å². The monoisotopic (exact) mass is 355 g/mol. The Labute approximate surface area is 142 Å². The summed E-state index contributed by atoms with van der Waals surface area (Å²) in [5.74, 6) is 0.240. The minimum absolute atomic E-state index is 0.108. The van der Waals surface area contributed by atoms with E-state index in [4.69, 9.17) is 16.3 Å². The molecule has 0 radical (unpaired) electrons. The molecule has 0 spiro atoms. The average molecular weight is 356 g/mol. The number of hydrogen-bond donors (Lipinski definition) is 1. The number of carbonyl (C=O) groups excluding carboxylic acids is 1. The van der Waals surface area contributed by atoms with Gasteiger partial charge in [-0.05, 0) is 31.0 Å². The van der Waals surface area contributed by atoms with Gasteiger partial charge in [-0.3, -0.25) is 9.48 Å². The van der Waals surface area contributed by atoms with Crippen molar-refractivity contribution in [1.29, 1.82) is 0 Å². The highest BCUT2D eigenvalue weighted by Crippen LogP contribution is 2.33. The van der Waals surface area contributed by atoms with E-state index in [1.807, 2.05) is 6.07 Å². The first kappa shape index (κ1) is 16.7. The zero-order valence-corrected chi connectivity index (χ0v) is 13.5. The number of nitrogens with one attached hydrogen (secondary N) is 1. The molecule has 2 heterocycles. The van der Waals surface area contributed by atoms with E-state index in [0.717, 1.165) is 16.7 Å². The number of aromatic nitrogens is 2. The van der Waals surface area contributed by atoms with Gasteiger partial charge < -0.3 is 10.1 Å². The smallest absolute Gasteiger partial charge is 0.272 e. The number of halogens is 3. The summed E-state index contributed by atoms with van der Waals surface area (Å²) < 4.78 is 31.4. The molecule has 1 unspecified atom stereocenters. The molecule has 24 heavy (non-hydrogen) atoms. The van der Waals surface area contributed by atoms with Crippen LogP contribution < -0.4 is 10.1 Å². The molecule has 1 aliphatic heterocycles. The van der Waals surface area contributed by atoms with Crippen molar-refractivity contribution in [3.05, 3.63) is 46.7 Å². The lowest BCUT2D eigenvalue weighted by Gasteiger charge is -2.18. The van der Waals surface area contributed by atoms with Gasteiger partial charge in [-0.25, -0.2) is 8.78 Å². The van der Waals surface area contributed by atoms with Crippen LogP contribution in [-0.4, -0.2) is 28.7 Å². The molecule has 1 N–H and O–H groups in total. The Hall–Kier alpha value is -2.15. The fraction of sp³-hybridized carbons (Fsp3) is 0.375. The molecule has 0 saturated heterocycles. The quantitative estimate of drug-likeness (QED) is 0.914. The lowest BCUT2D eigenvalue weighted by atomic mass is 10.0. The van der Waals surface area contributed by atoms with Crippen LogP contribution in [0.25, 0.3) is 0 Å². The van der Waals surface area contributed by atoms with Crippen molar-refractivity contribution in [2.45, 2.75) is 31.9 Å². The number of ether oxygens (including phenoxy) is 1. The summed E-state index contributed by atoms with van der Waals surface area (Å²) in [6, 6.07) is 6.47. The van der Waals surface area contributed by atoms with Crippen LogP contribution in [0.3, 0.4) is 0 Å². The Balaban J connectivity index is 1.75. The van der Waals surface area contributed by atoms with E-state index in [1.54, 1.807) is 12.1 Å². The first-order valence-electron chi connectivity index (χ1n) is 7.57. The molecule has 1 atom stereocenters. The number of fused-ring (bicyclic) bond motifs is 1. The summed E-state index contributed by atoms with van der Waals surface area (Å²) in [4.78, 5) is 12.4. The van der Waals surface area contributed by atoms with Crippen LogP contribution in [0.5, 0.6) is 5.75 Å². The van der Waals surface area contributed by atoms with Gasteiger partial charge in [0.2, 0.25) is 0 Å². The molecule has 0 aliphatic carbocycles. The van der Waals surface area contributed by atoms with Crippen LogP contribution in [0.2, 0.25) is 5.02 Å². The van der Waals surface area contributed by atoms with E-state index in [-0.39, 0.29) is 11.7 Å². The van der Waals surface area contributed by atoms with E-state index in [9.17, 15) is 13.6 Å². The van der Waals surface area contributed by atoms with Crippen molar-refractivity contribution < 1.29 is 18.3 Å². The van der Waals surface area contributed by atoms with E-state index >= 15 is 0 Å². The maximum Gasteiger partial charge on any atom is 0.272 e. The molecule has 1 aliphatic rings. The molecule has 1 aromatic heterocycles. The highest BCUT2D eigenvalue weighted by molar-refractivity contribution is 6.30. The zero-order chi connectivity index (χ0) is 17.1. The SMILES string of the molecule is O=C(NC1CCCOc2cc(Cl)ccc21)c1ccn(CC(F)F)n1. The van der Waals surface area contributed by atoms with Crippen molar-refractivity contribution >= 4 is 17.5 Å². The van der Waals surface area contributed by atoms with Crippen molar-refractivity contribution in [2.24, 2.45) is 0 Å². The Morgan fingerprint density at radius 2 is 2.29 bits per heavy atom. The van der Waals surface area contributed by atoms with Gasteiger partial charge in [0.05, 0.1) is 12.6 Å². The number of carbonyl (C=O) groups is 1. The molecular weight excluding hydrogens is 340 g/mol. The third-order valence-corrected chi connectivity index (χ3v) is 3.98. The third kappa shape index (κ3) is 3.84. The number of nitrogens with zero attached hydrogens (tertiary/aromatic N) is 2. The Kier molecular flexibility index (Phi) is 4.99. The molecular formula is C16H16ClF2N3O2. The lowest BCUT2D eigenvalue weighted by Crippen LogP contribution is -2.29. The second kappa shape index (κ2) is 7.17. The fourth-order valence-electron chi connectivity index (χ4n) is 2.65. The molecule has 0 fully saturated rings. The maximum absolute atomic E-state index is 12.4. The molecule has 8 heteroatoms. The number of rotatable bonds is 4. The number of hydrogen-bond acceptors (Lipinski definition) is 3. The predicted molar refractivity (Wildman–Crippen MR) is 84.6 cm³/mol. The largest absolute Gasteiger partial charge is 0.493 e. The van der Waals surface area contributed by atoms with Gasteiger partial charge in [0.1, 0.15) is 18.0 Å². The molecule has 5 nitrogen and oxygen atoms in total. The summed E-state index contributed by atoms with van der Waals surface area (Å²) in [5.41, 5.74) is 0.952. The normalized spacial score (nSPS) is 17.1. The first-order valence-corrected chi connectivity index (χ1v) is 7.95. The van der Waals surface area contributed by atoms with Crippen LogP contribution >= 0.6 is 11.6 Å². The summed E-state index contributed by atoms with van der Waals surface area (Å²) in [7, 11) is 0. The molecule has 128 valence electrons. The third-order valence-electron chi connectivity index (χ3n) is 3.75. The summed E-state index contributed by atoms with van der Waals surface area (Å²) in [6.07, 6.45) is 0.330. The summed E-state index contributed by atoms with van der Waals surface area (Å²) in [6.45, 7) is 0.00854. The van der Waals surface area contributed by atoms with Crippen LogP contribution in [0.1, 0.15) is 34.9 Å². The first-order chi connectivity index (χ1) is 11.5. The van der Waals surface area contributed by atoms with Gasteiger partial charge in [0.15, 0.2) is 0 Å². The fourth-order valence-corrected chi connectivity index (χ4v) is 2.82. The molecule has 2 aromatic rings. The maximum atomic E-state index is 12.4. The van der Waals surface area contributed by atoms with Gasteiger partial charge in [0.25, 0.3) is 12.3 Å². The van der Waals surface area contributed by atoms with Crippen molar-refractivity contribution in [3.63, 3.8) is 0 Å². The van der Waals surface area contributed by atoms with Gasteiger partial charge in [-0.15, -0.1) is 0 Å². The summed E-state index contributed by atoms with van der Waals surface area (Å²) in [5, 5.41) is 7.34. The molecule has 1 amide bonds. The van der Waals surface area contributed by atoms with Crippen molar-refractivity contribution in [2.75, 3.05) is 6.61 Å². The zero-order valence-electron chi connectivity index (χ0n) is 12.7. The van der Waals surface area contributed by atoms with E-state index < -0.39 is 18.9 Å². The number of benzene rings is 1. The van der Waals surface area contributed by atoms with Crippen molar-refractivity contribution in [3.8, 4) is 5.75 Å². The second-order valence-electron chi connectivity index (χ2n) is 5.51. The Morgan fingerprint density at radius 1 is 1.46 bits per heavy atom. The number of alkyl halides is 2. The van der Waals surface area contributed by atoms with Crippen molar-refractivity contribution in [1.82, 2.24) is 15.1 Å². The number of amides is 1. The van der Waals surface area contributed by atoms with Crippen LogP contribution in [0.4, 0.5) is 8.78 Å². The Morgan fingerprint density at radius 3 is 3.08 bits per heavy atom. The Bertz CT molecular complexity index is 736. The molecule has 0 saturated carbocycles. The predicted octanol–water partition coefficient (Wildman–Crippen LogP) is 3.45. The lowest BCUT2D eigenvalue weighted by molar-refractivity contribution is 0.0924. The highest BCUT2D eigenvalue weighted by Gasteiger charge is 2.23. The minimum atomic E-state index is -2.52. The van der Waals surface area contributed by atoms with Gasteiger partial charge in [-0.2, -0.15) is 5.10 Å². The topological polar surface area (TPSA) is 56.1 Å². The molecule has 3 rings (SSSR count). The highest BCUT2D eigenvalue weighted by atomic mass is 35.5. The minimum Gasteiger partial charge on any atom is -0.493 e. The average Bonchev–Trinajstić information content (AvgIpc) is 2.89. The van der Waals surface area contributed by atoms with Gasteiger partial charge in [-0.1, -0.05) is 17.7 Å². The van der Waals surface area contributed by atoms with Crippen LogP contribution in [0.15, 0.2) is 30.5 Å². The molecule has 0 bridgehead atoms. The van der Waals surface area contributed by atoms with Gasteiger partial charge in [0, 0.05) is 16.8 Å². The van der Waals surface area contributed by atoms with E-state index in [1.165, 1.54) is 12.3 Å². The van der Waals surface area contributed by atoms with Crippen LogP contribution in [0, 0.1) is 0 Å². The van der Waals surface area contributed by atoms with Crippen LogP contribution in [-0.2, 0) is 6.54 Å². The van der Waals surface area contributed by atoms with E-state index in [2.05, 4.69) is 10.4 Å². The standard InChI is InChI=1S/C16H16ClF2N3O2/c17-10-3-4-11-12(2-1-7-24-14(11)8-10)20-16(23)13-5-6-22(21-13)9-15(18)19/h3-6,8,12,15H,1-2,7,9H2,(H,20,23). The summed E-state index contributed by atoms with van der Waals surface area (Å²) >= 11 is 5.98. The molecule has 1 aromatic carbocycles. The second-order valence-corrected chi connectivity index (χ2v) is 5.95. The van der Waals surface area contributed by atoms with E-state index in [0.29, 0.717) is 23.8 Å².